The first kappa shape index (κ1) is 14.6. The van der Waals surface area contributed by atoms with E-state index in [1.54, 1.807) is 12.0 Å². The second kappa shape index (κ2) is 6.22. The van der Waals surface area contributed by atoms with E-state index in [4.69, 9.17) is 4.74 Å². The number of nitrogens with zero attached hydrogens (tertiary/aromatic N) is 2. The molecule has 0 saturated heterocycles. The van der Waals surface area contributed by atoms with Crippen LogP contribution >= 0.6 is 0 Å². The highest BCUT2D eigenvalue weighted by Gasteiger charge is 2.27. The number of benzene rings is 1. The Morgan fingerprint density at radius 2 is 2.09 bits per heavy atom. The molecule has 0 radical (unpaired) electrons. The normalized spacial score (nSPS) is 13.9. The molecule has 116 valence electrons. The SMILES string of the molecule is CCN(Cc1ccc(OC)cc1)C(=O)c1cc(C2CC2)[nH]n1. The topological polar surface area (TPSA) is 58.2 Å². The van der Waals surface area contributed by atoms with Crippen molar-refractivity contribution in [2.24, 2.45) is 0 Å². The van der Waals surface area contributed by atoms with E-state index in [2.05, 4.69) is 10.2 Å². The third kappa shape index (κ3) is 3.13. The minimum absolute atomic E-state index is 0.0264. The Balaban J connectivity index is 1.69. The second-order valence-corrected chi connectivity index (χ2v) is 5.65. The number of methoxy groups -OCH3 is 1. The number of rotatable bonds is 6. The molecule has 0 aliphatic heterocycles. The lowest BCUT2D eigenvalue weighted by Gasteiger charge is -2.20. The van der Waals surface area contributed by atoms with Gasteiger partial charge in [0.15, 0.2) is 0 Å². The summed E-state index contributed by atoms with van der Waals surface area (Å²) in [5.41, 5.74) is 2.68. The molecule has 2 aromatic rings. The quantitative estimate of drug-likeness (QED) is 0.892. The van der Waals surface area contributed by atoms with Gasteiger partial charge in [-0.05, 0) is 43.5 Å². The van der Waals surface area contributed by atoms with Crippen molar-refractivity contribution >= 4 is 5.91 Å². The van der Waals surface area contributed by atoms with Crippen LogP contribution in [0.4, 0.5) is 0 Å². The smallest absolute Gasteiger partial charge is 0.274 e. The Kier molecular flexibility index (Phi) is 4.13. The zero-order valence-corrected chi connectivity index (χ0v) is 13.0. The van der Waals surface area contributed by atoms with Gasteiger partial charge in [-0.15, -0.1) is 0 Å². The van der Waals surface area contributed by atoms with Crippen LogP contribution in [0.5, 0.6) is 5.75 Å². The number of hydrogen-bond donors (Lipinski definition) is 1. The van der Waals surface area contributed by atoms with Crippen LogP contribution in [-0.4, -0.2) is 34.7 Å². The minimum Gasteiger partial charge on any atom is -0.497 e. The average molecular weight is 299 g/mol. The summed E-state index contributed by atoms with van der Waals surface area (Å²) in [5, 5.41) is 7.17. The molecule has 1 aliphatic carbocycles. The van der Waals surface area contributed by atoms with Gasteiger partial charge in [-0.25, -0.2) is 0 Å². The Hall–Kier alpha value is -2.30. The predicted octanol–water partition coefficient (Wildman–Crippen LogP) is 2.96. The standard InChI is InChI=1S/C17H21N3O2/c1-3-20(11-12-4-8-14(22-2)9-5-12)17(21)16-10-15(18-19-16)13-6-7-13/h4-5,8-10,13H,3,6-7,11H2,1-2H3,(H,18,19). The fraction of sp³-hybridized carbons (Fsp3) is 0.412. The highest BCUT2D eigenvalue weighted by molar-refractivity contribution is 5.92. The first-order valence-electron chi connectivity index (χ1n) is 7.68. The van der Waals surface area contributed by atoms with E-state index in [0.717, 1.165) is 17.0 Å². The van der Waals surface area contributed by atoms with Crippen LogP contribution in [0.15, 0.2) is 30.3 Å². The average Bonchev–Trinajstić information content (AvgIpc) is 3.29. The van der Waals surface area contributed by atoms with Gasteiger partial charge in [0.2, 0.25) is 0 Å². The van der Waals surface area contributed by atoms with Crippen molar-refractivity contribution < 1.29 is 9.53 Å². The molecule has 1 saturated carbocycles. The number of aromatic nitrogens is 2. The van der Waals surface area contributed by atoms with Crippen molar-refractivity contribution in [3.8, 4) is 5.75 Å². The van der Waals surface area contributed by atoms with Crippen LogP contribution in [-0.2, 0) is 6.54 Å². The molecular formula is C17H21N3O2. The number of H-pyrrole nitrogens is 1. The third-order valence-electron chi connectivity index (χ3n) is 4.04. The maximum atomic E-state index is 12.6. The molecule has 3 rings (SSSR count). The predicted molar refractivity (Wildman–Crippen MR) is 84.0 cm³/mol. The summed E-state index contributed by atoms with van der Waals surface area (Å²) >= 11 is 0. The molecule has 1 heterocycles. The van der Waals surface area contributed by atoms with Gasteiger partial charge in [0.05, 0.1) is 7.11 Å². The van der Waals surface area contributed by atoms with Crippen LogP contribution in [0.1, 0.15) is 47.4 Å². The van der Waals surface area contributed by atoms with E-state index < -0.39 is 0 Å². The zero-order chi connectivity index (χ0) is 15.5. The maximum absolute atomic E-state index is 12.6. The Morgan fingerprint density at radius 3 is 2.68 bits per heavy atom. The van der Waals surface area contributed by atoms with E-state index >= 15 is 0 Å². The number of amides is 1. The zero-order valence-electron chi connectivity index (χ0n) is 13.0. The van der Waals surface area contributed by atoms with Crippen molar-refractivity contribution in [2.45, 2.75) is 32.2 Å². The molecule has 0 atom stereocenters. The van der Waals surface area contributed by atoms with Gasteiger partial charge >= 0.3 is 0 Å². The molecule has 1 aliphatic rings. The lowest BCUT2D eigenvalue weighted by molar-refractivity contribution is 0.0746. The number of ether oxygens (including phenoxy) is 1. The van der Waals surface area contributed by atoms with E-state index in [1.165, 1.54) is 12.8 Å². The number of aromatic amines is 1. The summed E-state index contributed by atoms with van der Waals surface area (Å²) in [6.07, 6.45) is 2.39. The Labute approximate surface area is 130 Å². The molecule has 1 fully saturated rings. The van der Waals surface area contributed by atoms with Crippen LogP contribution in [0, 0.1) is 0 Å². The van der Waals surface area contributed by atoms with Crippen molar-refractivity contribution in [2.75, 3.05) is 13.7 Å². The minimum atomic E-state index is -0.0264. The largest absolute Gasteiger partial charge is 0.497 e. The highest BCUT2D eigenvalue weighted by atomic mass is 16.5. The summed E-state index contributed by atoms with van der Waals surface area (Å²) in [4.78, 5) is 14.4. The molecule has 0 bridgehead atoms. The summed E-state index contributed by atoms with van der Waals surface area (Å²) in [6, 6.07) is 9.68. The van der Waals surface area contributed by atoms with Crippen molar-refractivity contribution in [1.82, 2.24) is 15.1 Å². The lowest BCUT2D eigenvalue weighted by atomic mass is 10.2. The van der Waals surface area contributed by atoms with Gasteiger partial charge in [0.25, 0.3) is 5.91 Å². The number of hydrogen-bond acceptors (Lipinski definition) is 3. The van der Waals surface area contributed by atoms with Crippen LogP contribution in [0.3, 0.4) is 0 Å². The molecule has 5 heteroatoms. The van der Waals surface area contributed by atoms with Crippen LogP contribution in [0.2, 0.25) is 0 Å². The highest BCUT2D eigenvalue weighted by Crippen LogP contribution is 2.39. The molecule has 0 spiro atoms. The summed E-state index contributed by atoms with van der Waals surface area (Å²) < 4.78 is 5.15. The van der Waals surface area contributed by atoms with E-state index in [1.807, 2.05) is 37.3 Å². The summed E-state index contributed by atoms with van der Waals surface area (Å²) in [6.45, 7) is 3.21. The lowest BCUT2D eigenvalue weighted by Crippen LogP contribution is -2.30. The Bertz CT molecular complexity index is 644. The maximum Gasteiger partial charge on any atom is 0.274 e. The fourth-order valence-electron chi connectivity index (χ4n) is 2.49. The number of nitrogens with one attached hydrogen (secondary N) is 1. The fourth-order valence-corrected chi connectivity index (χ4v) is 2.49. The van der Waals surface area contributed by atoms with Crippen molar-refractivity contribution in [3.05, 3.63) is 47.3 Å². The van der Waals surface area contributed by atoms with Gasteiger partial charge in [0, 0.05) is 24.7 Å². The van der Waals surface area contributed by atoms with Gasteiger partial charge < -0.3 is 9.64 Å². The first-order valence-corrected chi connectivity index (χ1v) is 7.68. The van der Waals surface area contributed by atoms with Crippen molar-refractivity contribution in [1.29, 1.82) is 0 Å². The van der Waals surface area contributed by atoms with Gasteiger partial charge in [-0.1, -0.05) is 12.1 Å². The van der Waals surface area contributed by atoms with E-state index in [9.17, 15) is 4.79 Å². The monoisotopic (exact) mass is 299 g/mol. The van der Waals surface area contributed by atoms with Crippen LogP contribution < -0.4 is 4.74 Å². The molecule has 1 aromatic carbocycles. The number of carbonyl (C=O) groups is 1. The van der Waals surface area contributed by atoms with Gasteiger partial charge in [0.1, 0.15) is 11.4 Å². The summed E-state index contributed by atoms with van der Waals surface area (Å²) in [5.74, 6) is 1.37. The van der Waals surface area contributed by atoms with Crippen LogP contribution in [0.25, 0.3) is 0 Å². The van der Waals surface area contributed by atoms with Gasteiger partial charge in [-0.3, -0.25) is 9.89 Å². The Morgan fingerprint density at radius 1 is 1.36 bits per heavy atom. The molecule has 1 aromatic heterocycles. The van der Waals surface area contributed by atoms with E-state index in [0.29, 0.717) is 24.7 Å². The van der Waals surface area contributed by atoms with Gasteiger partial charge in [-0.2, -0.15) is 5.10 Å². The molecular weight excluding hydrogens is 278 g/mol. The molecule has 22 heavy (non-hydrogen) atoms. The van der Waals surface area contributed by atoms with E-state index in [-0.39, 0.29) is 5.91 Å². The molecule has 1 amide bonds. The summed E-state index contributed by atoms with van der Waals surface area (Å²) in [7, 11) is 1.64. The molecule has 1 N–H and O–H groups in total. The number of carbonyl (C=O) groups excluding carboxylic acids is 1. The molecule has 0 unspecified atom stereocenters. The first-order chi connectivity index (χ1) is 10.7. The third-order valence-corrected chi connectivity index (χ3v) is 4.04. The molecule has 5 nitrogen and oxygen atoms in total. The van der Waals surface area contributed by atoms with Crippen molar-refractivity contribution in [3.63, 3.8) is 0 Å². The second-order valence-electron chi connectivity index (χ2n) is 5.65.